The highest BCUT2D eigenvalue weighted by atomic mass is 32.1. The summed E-state index contributed by atoms with van der Waals surface area (Å²) in [5.41, 5.74) is 1.12. The number of rotatable bonds is 7. The lowest BCUT2D eigenvalue weighted by Crippen LogP contribution is -2.43. The molecule has 0 radical (unpaired) electrons. The Morgan fingerprint density at radius 1 is 1.31 bits per heavy atom. The van der Waals surface area contributed by atoms with Crippen LogP contribution < -0.4 is 20.3 Å². The monoisotopic (exact) mass is 419 g/mol. The highest BCUT2D eigenvalue weighted by Gasteiger charge is 2.19. The van der Waals surface area contributed by atoms with Crippen molar-refractivity contribution in [2.24, 2.45) is 0 Å². The molecule has 0 saturated carbocycles. The third-order valence-electron chi connectivity index (χ3n) is 5.15. The van der Waals surface area contributed by atoms with Gasteiger partial charge in [0, 0.05) is 43.3 Å². The van der Waals surface area contributed by atoms with Crippen LogP contribution in [0.5, 0.6) is 11.5 Å². The zero-order valence-electron chi connectivity index (χ0n) is 16.1. The number of pyridine rings is 1. The molecule has 1 aromatic carbocycles. The number of hydrogen-bond donors (Lipinski definition) is 3. The smallest absolute Gasteiger partial charge is 0.253 e. The molecule has 1 saturated heterocycles. The number of aromatic amines is 1. The first-order chi connectivity index (χ1) is 14.1. The number of H-pyrrole nitrogens is 1. The molecular formula is C20H25N3O5S. The SMILES string of the molecule is O=c1[nH]c2cc3c(cc2cc1CN(CCCO)C(=S)NCC1CCCO1)OCO3. The molecule has 0 aliphatic carbocycles. The van der Waals surface area contributed by atoms with Gasteiger partial charge in [-0.1, -0.05) is 0 Å². The van der Waals surface area contributed by atoms with E-state index in [1.807, 2.05) is 17.0 Å². The first-order valence-corrected chi connectivity index (χ1v) is 10.3. The third kappa shape index (κ3) is 4.63. The van der Waals surface area contributed by atoms with Crippen LogP contribution in [0.2, 0.25) is 0 Å². The number of ether oxygens (including phenoxy) is 3. The molecule has 29 heavy (non-hydrogen) atoms. The van der Waals surface area contributed by atoms with Crippen molar-refractivity contribution < 1.29 is 19.3 Å². The van der Waals surface area contributed by atoms with E-state index >= 15 is 0 Å². The Bertz CT molecular complexity index is 942. The molecule has 2 aliphatic rings. The molecule has 0 bridgehead atoms. The number of hydrogen-bond acceptors (Lipinski definition) is 6. The van der Waals surface area contributed by atoms with Crippen molar-refractivity contribution in [2.45, 2.75) is 31.9 Å². The van der Waals surface area contributed by atoms with Crippen LogP contribution in [-0.2, 0) is 11.3 Å². The van der Waals surface area contributed by atoms with Crippen molar-refractivity contribution in [3.05, 3.63) is 34.1 Å². The molecule has 2 aliphatic heterocycles. The lowest BCUT2D eigenvalue weighted by Gasteiger charge is -2.26. The lowest BCUT2D eigenvalue weighted by atomic mass is 10.1. The van der Waals surface area contributed by atoms with Gasteiger partial charge in [0.1, 0.15) is 0 Å². The summed E-state index contributed by atoms with van der Waals surface area (Å²) < 4.78 is 16.4. The van der Waals surface area contributed by atoms with Crippen LogP contribution in [-0.4, -0.2) is 59.3 Å². The van der Waals surface area contributed by atoms with Gasteiger partial charge < -0.3 is 34.5 Å². The standard InChI is InChI=1S/C20H25N3O5S/c24-5-2-4-23(20(29)21-10-15-3-1-6-26-15)11-14-7-13-8-17-18(28-12-27-17)9-16(13)22-19(14)25/h7-9,15,24H,1-6,10-12H2,(H,21,29)(H,22,25). The molecule has 8 nitrogen and oxygen atoms in total. The summed E-state index contributed by atoms with van der Waals surface area (Å²) in [5, 5.41) is 13.9. The Morgan fingerprint density at radius 2 is 2.14 bits per heavy atom. The van der Waals surface area contributed by atoms with Gasteiger partial charge in [-0.2, -0.15) is 0 Å². The van der Waals surface area contributed by atoms with E-state index < -0.39 is 0 Å². The van der Waals surface area contributed by atoms with Gasteiger partial charge in [0.15, 0.2) is 16.6 Å². The second kappa shape index (κ2) is 8.98. The summed E-state index contributed by atoms with van der Waals surface area (Å²) in [7, 11) is 0. The number of thiocarbonyl (C=S) groups is 1. The number of aromatic nitrogens is 1. The quantitative estimate of drug-likeness (QED) is 0.581. The van der Waals surface area contributed by atoms with Crippen molar-refractivity contribution in [3.63, 3.8) is 0 Å². The minimum absolute atomic E-state index is 0.0579. The van der Waals surface area contributed by atoms with Gasteiger partial charge in [-0.15, -0.1) is 0 Å². The minimum atomic E-state index is -0.174. The van der Waals surface area contributed by atoms with Gasteiger partial charge in [-0.25, -0.2) is 0 Å². The van der Waals surface area contributed by atoms with E-state index in [1.54, 1.807) is 6.07 Å². The Kier molecular flexibility index (Phi) is 6.17. The van der Waals surface area contributed by atoms with Gasteiger partial charge in [0.05, 0.1) is 18.2 Å². The predicted octanol–water partition coefficient (Wildman–Crippen LogP) is 1.49. The summed E-state index contributed by atoms with van der Waals surface area (Å²) >= 11 is 5.56. The number of nitrogens with zero attached hydrogens (tertiary/aromatic N) is 1. The first-order valence-electron chi connectivity index (χ1n) is 9.85. The fourth-order valence-corrected chi connectivity index (χ4v) is 3.84. The maximum Gasteiger partial charge on any atom is 0.253 e. The highest BCUT2D eigenvalue weighted by molar-refractivity contribution is 7.80. The Labute approximate surface area is 173 Å². The average molecular weight is 420 g/mol. The molecule has 9 heteroatoms. The van der Waals surface area contributed by atoms with E-state index in [2.05, 4.69) is 10.3 Å². The van der Waals surface area contributed by atoms with Gasteiger partial charge in [0.2, 0.25) is 6.79 Å². The first kappa shape index (κ1) is 19.9. The molecule has 4 rings (SSSR count). The van der Waals surface area contributed by atoms with Crippen molar-refractivity contribution >= 4 is 28.2 Å². The van der Waals surface area contributed by atoms with Crippen molar-refractivity contribution in [1.82, 2.24) is 15.2 Å². The summed E-state index contributed by atoms with van der Waals surface area (Å²) in [6.45, 7) is 2.57. The molecule has 2 aromatic rings. The molecule has 1 unspecified atom stereocenters. The molecule has 1 fully saturated rings. The number of nitrogens with one attached hydrogen (secondary N) is 2. The molecule has 0 amide bonds. The van der Waals surface area contributed by atoms with Crippen molar-refractivity contribution in [2.75, 3.05) is 33.1 Å². The normalized spacial score (nSPS) is 17.6. The maximum atomic E-state index is 12.6. The van der Waals surface area contributed by atoms with E-state index in [9.17, 15) is 9.90 Å². The number of aliphatic hydroxyl groups is 1. The van der Waals surface area contributed by atoms with Gasteiger partial charge in [-0.3, -0.25) is 4.79 Å². The maximum absolute atomic E-state index is 12.6. The minimum Gasteiger partial charge on any atom is -0.454 e. The van der Waals surface area contributed by atoms with Crippen LogP contribution in [0.15, 0.2) is 23.0 Å². The summed E-state index contributed by atoms with van der Waals surface area (Å²) in [6.07, 6.45) is 2.82. The predicted molar refractivity (Wildman–Crippen MR) is 112 cm³/mol. The molecular weight excluding hydrogens is 394 g/mol. The van der Waals surface area contributed by atoms with Crippen molar-refractivity contribution in [1.29, 1.82) is 0 Å². The van der Waals surface area contributed by atoms with E-state index in [0.29, 0.717) is 53.7 Å². The Morgan fingerprint density at radius 3 is 2.90 bits per heavy atom. The topological polar surface area (TPSA) is 96.1 Å². The summed E-state index contributed by atoms with van der Waals surface area (Å²) in [4.78, 5) is 17.5. The van der Waals surface area contributed by atoms with E-state index in [-0.39, 0.29) is 25.1 Å². The molecule has 3 heterocycles. The summed E-state index contributed by atoms with van der Waals surface area (Å²) in [5.74, 6) is 1.30. The van der Waals surface area contributed by atoms with E-state index in [4.69, 9.17) is 26.4 Å². The van der Waals surface area contributed by atoms with Crippen LogP contribution in [0.25, 0.3) is 10.9 Å². The molecule has 0 spiro atoms. The average Bonchev–Trinajstić information content (AvgIpc) is 3.39. The second-order valence-electron chi connectivity index (χ2n) is 7.24. The number of benzene rings is 1. The van der Waals surface area contributed by atoms with Crippen molar-refractivity contribution in [3.8, 4) is 11.5 Å². The molecule has 3 N–H and O–H groups in total. The fraction of sp³-hybridized carbons (Fsp3) is 0.500. The number of aliphatic hydroxyl groups excluding tert-OH is 1. The molecule has 156 valence electrons. The fourth-order valence-electron chi connectivity index (χ4n) is 3.60. The summed E-state index contributed by atoms with van der Waals surface area (Å²) in [6, 6.07) is 5.49. The molecule has 1 aromatic heterocycles. The zero-order chi connectivity index (χ0) is 20.2. The highest BCUT2D eigenvalue weighted by Crippen LogP contribution is 2.35. The molecule has 1 atom stereocenters. The van der Waals surface area contributed by atoms with Gasteiger partial charge in [0.25, 0.3) is 5.56 Å². The Hall–Kier alpha value is -2.36. The van der Waals surface area contributed by atoms with Crippen LogP contribution in [0, 0.1) is 0 Å². The van der Waals surface area contributed by atoms with Crippen LogP contribution in [0.4, 0.5) is 0 Å². The Balaban J connectivity index is 1.51. The van der Waals surface area contributed by atoms with Crippen LogP contribution in [0.1, 0.15) is 24.8 Å². The van der Waals surface area contributed by atoms with Gasteiger partial charge >= 0.3 is 0 Å². The number of fused-ring (bicyclic) bond motifs is 2. The lowest BCUT2D eigenvalue weighted by molar-refractivity contribution is 0.113. The van der Waals surface area contributed by atoms with Gasteiger partial charge in [-0.05, 0) is 43.6 Å². The van der Waals surface area contributed by atoms with E-state index in [1.165, 1.54) is 0 Å². The van der Waals surface area contributed by atoms with Crippen LogP contribution in [0.3, 0.4) is 0 Å². The largest absolute Gasteiger partial charge is 0.454 e. The third-order valence-corrected chi connectivity index (χ3v) is 5.56. The van der Waals surface area contributed by atoms with E-state index in [0.717, 1.165) is 24.8 Å². The second-order valence-corrected chi connectivity index (χ2v) is 7.62. The zero-order valence-corrected chi connectivity index (χ0v) is 16.9. The van der Waals surface area contributed by atoms with Crippen LogP contribution >= 0.6 is 12.2 Å².